The van der Waals surface area contributed by atoms with Crippen molar-refractivity contribution in [2.24, 2.45) is 0 Å². The van der Waals surface area contributed by atoms with E-state index < -0.39 is 0 Å². The molecule has 0 saturated carbocycles. The Labute approximate surface area is 218 Å². The molecular weight excluding hydrogens is 561 g/mol. The van der Waals surface area contributed by atoms with Crippen LogP contribution in [-0.2, 0) is 11.3 Å². The molecule has 180 valence electrons. The van der Waals surface area contributed by atoms with Crippen molar-refractivity contribution in [2.75, 3.05) is 11.1 Å². The molecule has 0 radical (unpaired) electrons. The van der Waals surface area contributed by atoms with Crippen LogP contribution in [0.4, 0.5) is 5.69 Å². The molecule has 0 aliphatic rings. The number of halogens is 1. The smallest absolute Gasteiger partial charge is 0.251 e. The normalized spacial score (nSPS) is 12.0. The summed E-state index contributed by atoms with van der Waals surface area (Å²) in [5.41, 5.74) is 3.65. The van der Waals surface area contributed by atoms with E-state index in [9.17, 15) is 9.59 Å². The Balaban J connectivity index is 1.64. The van der Waals surface area contributed by atoms with Gasteiger partial charge in [0.05, 0.1) is 11.8 Å². The van der Waals surface area contributed by atoms with E-state index in [1.54, 1.807) is 12.1 Å². The van der Waals surface area contributed by atoms with Crippen molar-refractivity contribution in [1.29, 1.82) is 0 Å². The van der Waals surface area contributed by atoms with Crippen molar-refractivity contribution in [3.8, 4) is 0 Å². The van der Waals surface area contributed by atoms with E-state index in [4.69, 9.17) is 0 Å². The third-order valence-electron chi connectivity index (χ3n) is 5.35. The van der Waals surface area contributed by atoms with Crippen LogP contribution in [0.3, 0.4) is 0 Å². The highest BCUT2D eigenvalue weighted by atomic mass is 127. The summed E-state index contributed by atoms with van der Waals surface area (Å²) in [7, 11) is 0. The number of aryl methyl sites for hydroxylation is 1. The molecule has 0 saturated heterocycles. The second-order valence-corrected chi connectivity index (χ2v) is 10.6. The molecule has 0 fully saturated rings. The SMILES string of the molecule is CCn1c(SCC(=O)Nc2ccc(I)cc2C(C)C)nnc1[C@H](C)NC(=O)c1ccc(C)cc1. The third kappa shape index (κ3) is 6.59. The minimum absolute atomic E-state index is 0.0963. The summed E-state index contributed by atoms with van der Waals surface area (Å²) in [5, 5.41) is 15.2. The molecule has 0 spiro atoms. The fraction of sp³-hybridized carbons (Fsp3) is 0.360. The quantitative estimate of drug-likeness (QED) is 0.252. The molecule has 34 heavy (non-hydrogen) atoms. The molecule has 1 atom stereocenters. The number of thioether (sulfide) groups is 1. The standard InChI is InChI=1S/C25H30IN5O2S/c1-6-31-23(17(5)27-24(33)18-9-7-16(4)8-10-18)29-30-25(31)34-14-22(32)28-21-12-11-19(26)13-20(21)15(2)3/h7-13,15,17H,6,14H2,1-5H3,(H,27,33)(H,28,32)/t17-/m0/s1. The molecule has 1 heterocycles. The van der Waals surface area contributed by atoms with Crippen LogP contribution in [0.5, 0.6) is 0 Å². The molecule has 0 aliphatic carbocycles. The Hall–Kier alpha value is -2.40. The van der Waals surface area contributed by atoms with Gasteiger partial charge in [-0.2, -0.15) is 0 Å². The number of carbonyl (C=O) groups excluding carboxylic acids is 2. The van der Waals surface area contributed by atoms with E-state index in [0.717, 1.165) is 20.4 Å². The van der Waals surface area contributed by atoms with Crippen molar-refractivity contribution in [1.82, 2.24) is 20.1 Å². The minimum Gasteiger partial charge on any atom is -0.342 e. The van der Waals surface area contributed by atoms with Gasteiger partial charge in [0.2, 0.25) is 5.91 Å². The highest BCUT2D eigenvalue weighted by Gasteiger charge is 2.20. The van der Waals surface area contributed by atoms with Gasteiger partial charge >= 0.3 is 0 Å². The lowest BCUT2D eigenvalue weighted by Gasteiger charge is -2.16. The van der Waals surface area contributed by atoms with Crippen LogP contribution in [0, 0.1) is 10.5 Å². The van der Waals surface area contributed by atoms with E-state index in [1.165, 1.54) is 11.8 Å². The van der Waals surface area contributed by atoms with Gasteiger partial charge in [-0.1, -0.05) is 43.3 Å². The predicted octanol–water partition coefficient (Wildman–Crippen LogP) is 5.56. The van der Waals surface area contributed by atoms with Gasteiger partial charge in [-0.15, -0.1) is 10.2 Å². The molecular formula is C25H30IN5O2S. The minimum atomic E-state index is -0.329. The molecule has 7 nitrogen and oxygen atoms in total. The highest BCUT2D eigenvalue weighted by molar-refractivity contribution is 14.1. The van der Waals surface area contributed by atoms with Gasteiger partial charge in [0.25, 0.3) is 5.91 Å². The maximum atomic E-state index is 12.7. The number of nitrogens with zero attached hydrogens (tertiary/aromatic N) is 3. The molecule has 9 heteroatoms. The molecule has 0 unspecified atom stereocenters. The lowest BCUT2D eigenvalue weighted by Crippen LogP contribution is -2.28. The summed E-state index contributed by atoms with van der Waals surface area (Å²) < 4.78 is 3.07. The van der Waals surface area contributed by atoms with Crippen molar-refractivity contribution in [3.63, 3.8) is 0 Å². The van der Waals surface area contributed by atoms with Crippen LogP contribution in [0.1, 0.15) is 67.0 Å². The monoisotopic (exact) mass is 591 g/mol. The number of carbonyl (C=O) groups is 2. The Kier molecular flexibility index (Phi) is 9.12. The van der Waals surface area contributed by atoms with Crippen LogP contribution < -0.4 is 10.6 Å². The van der Waals surface area contributed by atoms with Gasteiger partial charge in [-0.25, -0.2) is 0 Å². The second-order valence-electron chi connectivity index (χ2n) is 8.37. The Morgan fingerprint density at radius 2 is 1.79 bits per heavy atom. The zero-order valence-corrected chi connectivity index (χ0v) is 23.0. The fourth-order valence-electron chi connectivity index (χ4n) is 3.52. The maximum absolute atomic E-state index is 12.7. The number of aromatic nitrogens is 3. The van der Waals surface area contributed by atoms with E-state index in [1.807, 2.05) is 49.6 Å². The number of benzene rings is 2. The summed E-state index contributed by atoms with van der Waals surface area (Å²) >= 11 is 3.61. The number of amides is 2. The summed E-state index contributed by atoms with van der Waals surface area (Å²) in [6.45, 7) is 10.7. The largest absolute Gasteiger partial charge is 0.342 e. The van der Waals surface area contributed by atoms with Gasteiger partial charge in [-0.05, 0) is 85.2 Å². The number of rotatable bonds is 9. The maximum Gasteiger partial charge on any atom is 0.251 e. The molecule has 2 aromatic carbocycles. The number of nitrogens with one attached hydrogen (secondary N) is 2. The topological polar surface area (TPSA) is 88.9 Å². The van der Waals surface area contributed by atoms with E-state index >= 15 is 0 Å². The number of hydrogen-bond donors (Lipinski definition) is 2. The molecule has 3 aromatic rings. The summed E-state index contributed by atoms with van der Waals surface area (Å²) in [6, 6.07) is 13.1. The lowest BCUT2D eigenvalue weighted by molar-refractivity contribution is -0.113. The van der Waals surface area contributed by atoms with Crippen molar-refractivity contribution >= 4 is 51.9 Å². The fourth-order valence-corrected chi connectivity index (χ4v) is 4.84. The molecule has 3 rings (SSSR count). The molecule has 0 bridgehead atoms. The van der Waals surface area contributed by atoms with Crippen LogP contribution >= 0.6 is 34.4 Å². The van der Waals surface area contributed by atoms with Crippen LogP contribution in [0.2, 0.25) is 0 Å². The Morgan fingerprint density at radius 3 is 2.44 bits per heavy atom. The summed E-state index contributed by atoms with van der Waals surface area (Å²) in [6.07, 6.45) is 0. The third-order valence-corrected chi connectivity index (χ3v) is 6.99. The molecule has 1 aromatic heterocycles. The van der Waals surface area contributed by atoms with Crippen LogP contribution in [0.25, 0.3) is 0 Å². The van der Waals surface area contributed by atoms with Gasteiger partial charge < -0.3 is 15.2 Å². The van der Waals surface area contributed by atoms with Gasteiger partial charge in [-0.3, -0.25) is 9.59 Å². The molecule has 2 amide bonds. The summed E-state index contributed by atoms with van der Waals surface area (Å²) in [5.74, 6) is 0.919. The van der Waals surface area contributed by atoms with E-state index in [-0.39, 0.29) is 23.6 Å². The Bertz CT molecular complexity index is 1160. The summed E-state index contributed by atoms with van der Waals surface area (Å²) in [4.78, 5) is 25.3. The van der Waals surface area contributed by atoms with Gasteiger partial charge in [0.1, 0.15) is 0 Å². The van der Waals surface area contributed by atoms with Crippen molar-refractivity contribution < 1.29 is 9.59 Å². The second kappa shape index (κ2) is 11.8. The molecule has 0 aliphatic heterocycles. The highest BCUT2D eigenvalue weighted by Crippen LogP contribution is 2.27. The predicted molar refractivity (Wildman–Crippen MR) is 145 cm³/mol. The zero-order valence-electron chi connectivity index (χ0n) is 20.1. The van der Waals surface area contributed by atoms with Crippen molar-refractivity contribution in [3.05, 3.63) is 68.5 Å². The first kappa shape index (κ1) is 26.2. The van der Waals surface area contributed by atoms with Gasteiger partial charge in [0, 0.05) is 21.4 Å². The first-order chi connectivity index (χ1) is 16.2. The average Bonchev–Trinajstić information content (AvgIpc) is 3.22. The van der Waals surface area contributed by atoms with E-state index in [0.29, 0.717) is 29.0 Å². The number of hydrogen-bond acceptors (Lipinski definition) is 5. The van der Waals surface area contributed by atoms with Crippen LogP contribution in [-0.4, -0.2) is 32.3 Å². The van der Waals surface area contributed by atoms with E-state index in [2.05, 4.69) is 63.3 Å². The molecule has 2 N–H and O–H groups in total. The lowest BCUT2D eigenvalue weighted by atomic mass is 10.0. The first-order valence-electron chi connectivity index (χ1n) is 11.2. The van der Waals surface area contributed by atoms with Gasteiger partial charge in [0.15, 0.2) is 11.0 Å². The van der Waals surface area contributed by atoms with Crippen molar-refractivity contribution in [2.45, 2.75) is 58.3 Å². The Morgan fingerprint density at radius 1 is 1.09 bits per heavy atom. The zero-order chi connectivity index (χ0) is 24.8. The first-order valence-corrected chi connectivity index (χ1v) is 13.3. The average molecular weight is 592 g/mol. The number of anilines is 1. The van der Waals surface area contributed by atoms with Crippen LogP contribution in [0.15, 0.2) is 47.6 Å².